The lowest BCUT2D eigenvalue weighted by Gasteiger charge is -2.26. The molecule has 2 rings (SSSR count). The zero-order chi connectivity index (χ0) is 14.8. The van der Waals surface area contributed by atoms with Crippen molar-refractivity contribution in [1.82, 2.24) is 9.88 Å². The third-order valence-corrected chi connectivity index (χ3v) is 2.81. The highest BCUT2D eigenvalue weighted by Crippen LogP contribution is 2.23. The van der Waals surface area contributed by atoms with Gasteiger partial charge in [0.15, 0.2) is 0 Å². The molecule has 8 heteroatoms. The van der Waals surface area contributed by atoms with E-state index in [1.165, 1.54) is 12.3 Å². The van der Waals surface area contributed by atoms with Crippen LogP contribution in [0.3, 0.4) is 0 Å². The summed E-state index contributed by atoms with van der Waals surface area (Å²) in [5.41, 5.74) is 0.751. The van der Waals surface area contributed by atoms with Crippen molar-refractivity contribution in [3.05, 3.63) is 40.8 Å². The summed E-state index contributed by atoms with van der Waals surface area (Å²) in [7, 11) is 0. The van der Waals surface area contributed by atoms with Gasteiger partial charge in [0.05, 0.1) is 5.70 Å². The van der Waals surface area contributed by atoms with E-state index in [9.17, 15) is 18.0 Å². The van der Waals surface area contributed by atoms with Crippen LogP contribution in [0.15, 0.2) is 30.1 Å². The molecule has 0 bridgehead atoms. The van der Waals surface area contributed by atoms with Gasteiger partial charge in [-0.25, -0.2) is 9.78 Å². The molecule has 20 heavy (non-hydrogen) atoms. The number of carbonyl (C=O) groups is 1. The predicted octanol–water partition coefficient (Wildman–Crippen LogP) is 2.54. The molecule has 0 fully saturated rings. The number of cyclic esters (lactones) is 1. The lowest BCUT2D eigenvalue weighted by atomic mass is 10.2. The Morgan fingerprint density at radius 2 is 2.15 bits per heavy atom. The fourth-order valence-electron chi connectivity index (χ4n) is 1.74. The number of halogens is 4. The van der Waals surface area contributed by atoms with Crippen molar-refractivity contribution in [2.75, 3.05) is 13.2 Å². The van der Waals surface area contributed by atoms with E-state index in [-0.39, 0.29) is 24.0 Å². The number of nitrogens with zero attached hydrogens (tertiary/aromatic N) is 2. The Morgan fingerprint density at radius 1 is 1.40 bits per heavy atom. The molecule has 0 aliphatic carbocycles. The van der Waals surface area contributed by atoms with Crippen LogP contribution in [0.4, 0.5) is 13.2 Å². The molecule has 0 amide bonds. The second-order valence-corrected chi connectivity index (χ2v) is 4.59. The summed E-state index contributed by atoms with van der Waals surface area (Å²) in [6.45, 7) is -1.36. The smallest absolute Gasteiger partial charge is 0.405 e. The summed E-state index contributed by atoms with van der Waals surface area (Å²) < 4.78 is 42.4. The van der Waals surface area contributed by atoms with Gasteiger partial charge < -0.3 is 9.64 Å². The summed E-state index contributed by atoms with van der Waals surface area (Å²) in [5.74, 6) is -0.638. The van der Waals surface area contributed by atoms with Gasteiger partial charge in [0.2, 0.25) is 0 Å². The Balaban J connectivity index is 2.16. The molecule has 0 saturated heterocycles. The van der Waals surface area contributed by atoms with E-state index in [0.29, 0.717) is 5.56 Å². The minimum atomic E-state index is -4.38. The maximum Gasteiger partial charge on any atom is 0.405 e. The number of pyridine rings is 1. The van der Waals surface area contributed by atoms with Crippen molar-refractivity contribution in [3.63, 3.8) is 0 Å². The van der Waals surface area contributed by atoms with Gasteiger partial charge in [0.1, 0.15) is 18.3 Å². The molecular weight excluding hydrogens is 297 g/mol. The van der Waals surface area contributed by atoms with Gasteiger partial charge in [-0.2, -0.15) is 13.2 Å². The molecule has 0 aromatic carbocycles. The second-order valence-electron chi connectivity index (χ2n) is 4.20. The van der Waals surface area contributed by atoms with Crippen LogP contribution in [0, 0.1) is 0 Å². The molecule has 4 nitrogen and oxygen atoms in total. The van der Waals surface area contributed by atoms with Gasteiger partial charge in [-0.05, 0) is 11.6 Å². The van der Waals surface area contributed by atoms with Gasteiger partial charge >= 0.3 is 12.1 Å². The first-order valence-corrected chi connectivity index (χ1v) is 6.01. The van der Waals surface area contributed by atoms with Crippen molar-refractivity contribution in [2.24, 2.45) is 0 Å². The summed E-state index contributed by atoms with van der Waals surface area (Å²) in [6.07, 6.45) is -1.93. The summed E-state index contributed by atoms with van der Waals surface area (Å²) in [6, 6.07) is 3.07. The number of hydrogen-bond acceptors (Lipinski definition) is 4. The number of hydrogen-bond donors (Lipinski definition) is 0. The summed E-state index contributed by atoms with van der Waals surface area (Å²) >= 11 is 5.62. The Hall–Kier alpha value is -1.76. The largest absolute Gasteiger partial charge is 0.456 e. The predicted molar refractivity (Wildman–Crippen MR) is 64.8 cm³/mol. The van der Waals surface area contributed by atoms with Gasteiger partial charge in [-0.3, -0.25) is 0 Å². The number of carbonyl (C=O) groups excluding carboxylic acids is 1. The quantitative estimate of drug-likeness (QED) is 0.633. The van der Waals surface area contributed by atoms with E-state index < -0.39 is 18.7 Å². The van der Waals surface area contributed by atoms with E-state index in [1.807, 2.05) is 0 Å². The maximum absolute atomic E-state index is 12.6. The average Bonchev–Trinajstić information content (AvgIpc) is 2.76. The maximum atomic E-state index is 12.6. The molecule has 0 unspecified atom stereocenters. The van der Waals surface area contributed by atoms with Crippen LogP contribution >= 0.6 is 11.6 Å². The zero-order valence-corrected chi connectivity index (χ0v) is 10.9. The standard InChI is InChI=1S/C12H10ClF3N2O2/c13-10-2-1-8(4-17-10)5-18(7-12(14,15)16)9-3-11(19)20-6-9/h1-4H,5-7H2. The fourth-order valence-corrected chi connectivity index (χ4v) is 1.85. The number of alkyl halides is 3. The topological polar surface area (TPSA) is 42.4 Å². The van der Waals surface area contributed by atoms with Gasteiger partial charge in [-0.15, -0.1) is 0 Å². The van der Waals surface area contributed by atoms with Crippen LogP contribution in [0.25, 0.3) is 0 Å². The molecule has 0 atom stereocenters. The first-order chi connectivity index (χ1) is 9.33. The highest BCUT2D eigenvalue weighted by atomic mass is 35.5. The second kappa shape index (κ2) is 5.70. The molecule has 1 aromatic heterocycles. The van der Waals surface area contributed by atoms with E-state index in [4.69, 9.17) is 11.6 Å². The third-order valence-electron chi connectivity index (χ3n) is 2.59. The van der Waals surface area contributed by atoms with E-state index in [1.54, 1.807) is 6.07 Å². The summed E-state index contributed by atoms with van der Waals surface area (Å²) in [5, 5.41) is 0.259. The Morgan fingerprint density at radius 3 is 2.65 bits per heavy atom. The van der Waals surface area contributed by atoms with E-state index >= 15 is 0 Å². The lowest BCUT2D eigenvalue weighted by Crippen LogP contribution is -2.33. The molecule has 1 aliphatic heterocycles. The number of aromatic nitrogens is 1. The number of rotatable bonds is 4. The Labute approximate surface area is 117 Å². The van der Waals surface area contributed by atoms with Gasteiger partial charge in [-0.1, -0.05) is 17.7 Å². The molecule has 0 radical (unpaired) electrons. The van der Waals surface area contributed by atoms with Crippen LogP contribution in [-0.4, -0.2) is 35.2 Å². The van der Waals surface area contributed by atoms with E-state index in [0.717, 1.165) is 11.0 Å². The first kappa shape index (κ1) is 14.6. The molecule has 108 valence electrons. The molecule has 1 aliphatic rings. The van der Waals surface area contributed by atoms with Gasteiger partial charge in [0.25, 0.3) is 0 Å². The minimum Gasteiger partial charge on any atom is -0.456 e. The van der Waals surface area contributed by atoms with Crippen LogP contribution in [0.1, 0.15) is 5.56 Å². The van der Waals surface area contributed by atoms with Crippen LogP contribution in [0.2, 0.25) is 5.15 Å². The number of esters is 1. The van der Waals surface area contributed by atoms with Crippen molar-refractivity contribution in [3.8, 4) is 0 Å². The van der Waals surface area contributed by atoms with Crippen LogP contribution < -0.4 is 0 Å². The highest BCUT2D eigenvalue weighted by Gasteiger charge is 2.33. The molecule has 1 aromatic rings. The fraction of sp³-hybridized carbons (Fsp3) is 0.333. The molecule has 0 spiro atoms. The molecule has 2 heterocycles. The van der Waals surface area contributed by atoms with Gasteiger partial charge in [0, 0.05) is 18.8 Å². The van der Waals surface area contributed by atoms with Crippen molar-refractivity contribution < 1.29 is 22.7 Å². The first-order valence-electron chi connectivity index (χ1n) is 5.63. The minimum absolute atomic E-state index is 0.0356. The molecular formula is C12H10ClF3N2O2. The van der Waals surface area contributed by atoms with Crippen molar-refractivity contribution in [2.45, 2.75) is 12.7 Å². The van der Waals surface area contributed by atoms with Crippen LogP contribution in [-0.2, 0) is 16.1 Å². The monoisotopic (exact) mass is 306 g/mol. The van der Waals surface area contributed by atoms with Crippen molar-refractivity contribution >= 4 is 17.6 Å². The molecule has 0 saturated carbocycles. The van der Waals surface area contributed by atoms with Crippen LogP contribution in [0.5, 0.6) is 0 Å². The van der Waals surface area contributed by atoms with Crippen molar-refractivity contribution in [1.29, 1.82) is 0 Å². The normalized spacial score (nSPS) is 15.0. The van der Waals surface area contributed by atoms with E-state index in [2.05, 4.69) is 9.72 Å². The molecule has 0 N–H and O–H groups in total. The lowest BCUT2D eigenvalue weighted by molar-refractivity contribution is -0.143. The Bertz CT molecular complexity index is 528. The summed E-state index contributed by atoms with van der Waals surface area (Å²) in [4.78, 5) is 15.8. The SMILES string of the molecule is O=C1C=C(N(Cc2ccc(Cl)nc2)CC(F)(F)F)CO1. The average molecular weight is 307 g/mol. The zero-order valence-electron chi connectivity index (χ0n) is 10.2. The third kappa shape index (κ3) is 4.12. The highest BCUT2D eigenvalue weighted by molar-refractivity contribution is 6.29. The number of ether oxygens (including phenoxy) is 1. The Kier molecular flexibility index (Phi) is 4.17.